The van der Waals surface area contributed by atoms with E-state index in [1.807, 2.05) is 73.6 Å². The first-order chi connectivity index (χ1) is 16.8. The predicted molar refractivity (Wildman–Crippen MR) is 136 cm³/mol. The van der Waals surface area contributed by atoms with E-state index in [1.165, 1.54) is 4.90 Å². The second-order valence-corrected chi connectivity index (χ2v) is 9.08. The number of amides is 1. The summed E-state index contributed by atoms with van der Waals surface area (Å²) < 4.78 is 5.88. The molecule has 0 radical (unpaired) electrons. The van der Waals surface area contributed by atoms with E-state index in [4.69, 9.17) is 16.3 Å². The summed E-state index contributed by atoms with van der Waals surface area (Å²) in [5.41, 5.74) is 2.25. The number of carbonyl (C=O) groups excluding carboxylic acids is 2. The molecule has 0 saturated carbocycles. The summed E-state index contributed by atoms with van der Waals surface area (Å²) >= 11 is 5.98. The Balaban J connectivity index is 1.67. The molecule has 35 heavy (non-hydrogen) atoms. The fourth-order valence-electron chi connectivity index (χ4n) is 4.02. The van der Waals surface area contributed by atoms with Gasteiger partial charge in [-0.3, -0.25) is 9.59 Å². The number of aliphatic hydroxyl groups excluding tert-OH is 1. The summed E-state index contributed by atoms with van der Waals surface area (Å²) in [6.07, 6.45) is 0. The molecule has 0 bridgehead atoms. The highest BCUT2D eigenvalue weighted by molar-refractivity contribution is 6.46. The van der Waals surface area contributed by atoms with E-state index < -0.39 is 17.7 Å². The Morgan fingerprint density at radius 1 is 0.971 bits per heavy atom. The first kappa shape index (κ1) is 24.5. The zero-order valence-electron chi connectivity index (χ0n) is 19.6. The summed E-state index contributed by atoms with van der Waals surface area (Å²) in [6.45, 7) is 1.34. The molecule has 180 valence electrons. The second kappa shape index (κ2) is 10.8. The van der Waals surface area contributed by atoms with Crippen LogP contribution in [0.2, 0.25) is 5.02 Å². The number of carbonyl (C=O) groups is 2. The third-order valence-electron chi connectivity index (χ3n) is 5.89. The average Bonchev–Trinajstić information content (AvgIpc) is 3.12. The van der Waals surface area contributed by atoms with Gasteiger partial charge in [-0.1, -0.05) is 54.1 Å². The summed E-state index contributed by atoms with van der Waals surface area (Å²) in [5, 5.41) is 11.6. The molecular formula is C28H27ClN2O4. The maximum Gasteiger partial charge on any atom is 0.295 e. The highest BCUT2D eigenvalue weighted by Crippen LogP contribution is 2.39. The van der Waals surface area contributed by atoms with Crippen molar-refractivity contribution in [2.45, 2.75) is 12.6 Å². The van der Waals surface area contributed by atoms with Gasteiger partial charge in [-0.2, -0.15) is 0 Å². The van der Waals surface area contributed by atoms with E-state index in [0.717, 1.165) is 5.56 Å². The van der Waals surface area contributed by atoms with Crippen molar-refractivity contribution in [1.29, 1.82) is 0 Å². The first-order valence-corrected chi connectivity index (χ1v) is 11.7. The molecule has 3 aromatic rings. The highest BCUT2D eigenvalue weighted by atomic mass is 35.5. The molecule has 1 saturated heterocycles. The molecular weight excluding hydrogens is 464 g/mol. The van der Waals surface area contributed by atoms with Gasteiger partial charge in [-0.25, -0.2) is 0 Å². The minimum absolute atomic E-state index is 0.0639. The fourth-order valence-corrected chi connectivity index (χ4v) is 4.14. The van der Waals surface area contributed by atoms with Crippen LogP contribution in [0.15, 0.2) is 84.4 Å². The van der Waals surface area contributed by atoms with Crippen molar-refractivity contribution in [3.05, 3.63) is 106 Å². The van der Waals surface area contributed by atoms with Crippen molar-refractivity contribution in [2.24, 2.45) is 0 Å². The number of ketones is 1. The number of hydrogen-bond donors (Lipinski definition) is 1. The Hall–Kier alpha value is -3.61. The van der Waals surface area contributed by atoms with E-state index in [2.05, 4.69) is 0 Å². The lowest BCUT2D eigenvalue weighted by Crippen LogP contribution is -2.35. The van der Waals surface area contributed by atoms with Crippen LogP contribution in [-0.4, -0.2) is 53.8 Å². The van der Waals surface area contributed by atoms with Crippen molar-refractivity contribution < 1.29 is 19.4 Å². The van der Waals surface area contributed by atoms with Crippen LogP contribution in [-0.2, 0) is 16.2 Å². The van der Waals surface area contributed by atoms with Crippen molar-refractivity contribution in [1.82, 2.24) is 9.80 Å². The molecule has 6 nitrogen and oxygen atoms in total. The molecule has 1 fully saturated rings. The smallest absolute Gasteiger partial charge is 0.295 e. The molecule has 4 rings (SSSR count). The fraction of sp³-hybridized carbons (Fsp3) is 0.214. The van der Waals surface area contributed by atoms with Crippen molar-refractivity contribution in [3.8, 4) is 5.75 Å². The van der Waals surface area contributed by atoms with Crippen molar-refractivity contribution >= 4 is 29.1 Å². The third kappa shape index (κ3) is 5.56. The monoisotopic (exact) mass is 490 g/mol. The number of nitrogens with zero attached hydrogens (tertiary/aromatic N) is 2. The van der Waals surface area contributed by atoms with Crippen LogP contribution >= 0.6 is 11.6 Å². The number of likely N-dealkylation sites (N-methyl/N-ethyl adjacent to an activating group) is 1. The third-order valence-corrected chi connectivity index (χ3v) is 6.14. The number of ether oxygens (including phenoxy) is 1. The number of benzene rings is 3. The van der Waals surface area contributed by atoms with Crippen LogP contribution in [0.1, 0.15) is 22.7 Å². The molecule has 3 aromatic carbocycles. The van der Waals surface area contributed by atoms with Crippen LogP contribution in [0.5, 0.6) is 5.75 Å². The van der Waals surface area contributed by atoms with Gasteiger partial charge in [-0.15, -0.1) is 0 Å². The second-order valence-electron chi connectivity index (χ2n) is 8.65. The van der Waals surface area contributed by atoms with E-state index in [1.54, 1.807) is 24.3 Å². The number of Topliss-reactive ketones (excluding diaryl/α,β-unsaturated/α-hetero) is 1. The van der Waals surface area contributed by atoms with Crippen LogP contribution < -0.4 is 4.74 Å². The Kier molecular flexibility index (Phi) is 7.54. The van der Waals surface area contributed by atoms with E-state index >= 15 is 0 Å². The van der Waals surface area contributed by atoms with Crippen molar-refractivity contribution in [3.63, 3.8) is 0 Å². The van der Waals surface area contributed by atoms with Crippen LogP contribution in [0.4, 0.5) is 0 Å². The lowest BCUT2D eigenvalue weighted by molar-refractivity contribution is -0.140. The maximum atomic E-state index is 13.1. The number of aliphatic hydroxyl groups is 1. The number of hydrogen-bond acceptors (Lipinski definition) is 5. The Labute approximate surface area is 210 Å². The topological polar surface area (TPSA) is 70.1 Å². The Bertz CT molecular complexity index is 1220. The summed E-state index contributed by atoms with van der Waals surface area (Å²) in [6, 6.07) is 22.9. The minimum Gasteiger partial charge on any atom is -0.507 e. The van der Waals surface area contributed by atoms with Gasteiger partial charge in [0.2, 0.25) is 0 Å². The van der Waals surface area contributed by atoms with E-state index in [-0.39, 0.29) is 11.3 Å². The predicted octanol–water partition coefficient (Wildman–Crippen LogP) is 4.90. The van der Waals surface area contributed by atoms with Gasteiger partial charge in [0.15, 0.2) is 0 Å². The van der Waals surface area contributed by atoms with Gasteiger partial charge in [0.1, 0.15) is 18.1 Å². The van der Waals surface area contributed by atoms with Gasteiger partial charge in [0.25, 0.3) is 11.7 Å². The molecule has 7 heteroatoms. The number of rotatable bonds is 8. The van der Waals surface area contributed by atoms with Crippen LogP contribution in [0, 0.1) is 0 Å². The molecule has 1 aliphatic heterocycles. The van der Waals surface area contributed by atoms with Gasteiger partial charge < -0.3 is 19.6 Å². The largest absolute Gasteiger partial charge is 0.507 e. The molecule has 0 spiro atoms. The Morgan fingerprint density at radius 2 is 1.63 bits per heavy atom. The molecule has 1 amide bonds. The molecule has 1 N–H and O–H groups in total. The zero-order chi connectivity index (χ0) is 24.9. The molecule has 0 aromatic heterocycles. The van der Waals surface area contributed by atoms with Gasteiger partial charge in [0.05, 0.1) is 11.6 Å². The van der Waals surface area contributed by atoms with Crippen molar-refractivity contribution in [2.75, 3.05) is 27.2 Å². The average molecular weight is 491 g/mol. The molecule has 1 aliphatic rings. The summed E-state index contributed by atoms with van der Waals surface area (Å²) in [5.74, 6) is -0.885. The quantitative estimate of drug-likeness (QED) is 0.276. The van der Waals surface area contributed by atoms with Crippen LogP contribution in [0.25, 0.3) is 5.76 Å². The normalized spacial score (nSPS) is 17.3. The van der Waals surface area contributed by atoms with Gasteiger partial charge >= 0.3 is 0 Å². The Morgan fingerprint density at radius 3 is 2.26 bits per heavy atom. The lowest BCUT2D eigenvalue weighted by Gasteiger charge is -2.26. The molecule has 1 unspecified atom stereocenters. The SMILES string of the molecule is CN(C)CCN1C(=O)C(=O)/C(=C(/O)c2ccc(Cl)cc2)C1c1ccc(OCc2ccccc2)cc1. The van der Waals surface area contributed by atoms with E-state index in [0.29, 0.717) is 41.6 Å². The molecule has 1 atom stereocenters. The van der Waals surface area contributed by atoms with E-state index in [9.17, 15) is 14.7 Å². The summed E-state index contributed by atoms with van der Waals surface area (Å²) in [7, 11) is 3.80. The zero-order valence-corrected chi connectivity index (χ0v) is 20.4. The van der Waals surface area contributed by atoms with Crippen LogP contribution in [0.3, 0.4) is 0 Å². The lowest BCUT2D eigenvalue weighted by atomic mass is 9.95. The molecule has 1 heterocycles. The van der Waals surface area contributed by atoms with Gasteiger partial charge in [0, 0.05) is 23.7 Å². The summed E-state index contributed by atoms with van der Waals surface area (Å²) in [4.78, 5) is 29.5. The first-order valence-electron chi connectivity index (χ1n) is 11.3. The standard InChI is InChI=1S/C28H27ClN2O4/c1-30(2)16-17-31-25(20-10-14-23(15-11-20)35-18-19-6-4-3-5-7-19)24(27(33)28(31)34)26(32)21-8-12-22(29)13-9-21/h3-15,25,32H,16-18H2,1-2H3/b26-24+. The minimum atomic E-state index is -0.714. The van der Waals surface area contributed by atoms with Gasteiger partial charge in [-0.05, 0) is 61.6 Å². The highest BCUT2D eigenvalue weighted by Gasteiger charge is 2.45. The number of halogens is 1. The maximum absolute atomic E-state index is 13.1. The molecule has 0 aliphatic carbocycles. The number of likely N-dealkylation sites (tertiary alicyclic amines) is 1.